The number of fused-ring (bicyclic) bond motifs is 1. The SMILES string of the molecule is Fc1cccc(Cl)c1C(Cl)Cc1cccc2ccccc12. The van der Waals surface area contributed by atoms with Crippen LogP contribution in [0.1, 0.15) is 16.5 Å². The molecule has 0 aliphatic heterocycles. The topological polar surface area (TPSA) is 0 Å². The molecule has 0 aromatic heterocycles. The summed E-state index contributed by atoms with van der Waals surface area (Å²) in [5.41, 5.74) is 1.46. The van der Waals surface area contributed by atoms with Gasteiger partial charge in [-0.15, -0.1) is 11.6 Å². The molecule has 0 heterocycles. The van der Waals surface area contributed by atoms with Gasteiger partial charge in [0.2, 0.25) is 0 Å². The highest BCUT2D eigenvalue weighted by molar-refractivity contribution is 6.32. The zero-order valence-electron chi connectivity index (χ0n) is 11.2. The molecule has 0 amide bonds. The predicted octanol–water partition coefficient (Wildman–Crippen LogP) is 6.15. The molecule has 0 radical (unpaired) electrons. The van der Waals surface area contributed by atoms with E-state index in [1.807, 2.05) is 24.3 Å². The van der Waals surface area contributed by atoms with Crippen molar-refractivity contribution in [3.63, 3.8) is 0 Å². The van der Waals surface area contributed by atoms with E-state index in [9.17, 15) is 4.39 Å². The first-order valence-electron chi connectivity index (χ1n) is 6.71. The molecule has 1 unspecified atom stereocenters. The smallest absolute Gasteiger partial charge is 0.129 e. The van der Waals surface area contributed by atoms with Crippen molar-refractivity contribution < 1.29 is 4.39 Å². The van der Waals surface area contributed by atoms with E-state index < -0.39 is 5.38 Å². The van der Waals surface area contributed by atoms with E-state index in [4.69, 9.17) is 23.2 Å². The first kappa shape index (κ1) is 14.4. The summed E-state index contributed by atoms with van der Waals surface area (Å²) >= 11 is 12.5. The zero-order valence-corrected chi connectivity index (χ0v) is 12.7. The first-order valence-corrected chi connectivity index (χ1v) is 7.53. The van der Waals surface area contributed by atoms with Crippen LogP contribution in [0.4, 0.5) is 4.39 Å². The van der Waals surface area contributed by atoms with Crippen molar-refractivity contribution in [1.29, 1.82) is 0 Å². The van der Waals surface area contributed by atoms with Gasteiger partial charge in [-0.25, -0.2) is 4.39 Å². The summed E-state index contributed by atoms with van der Waals surface area (Å²) in [6.45, 7) is 0. The molecule has 0 saturated carbocycles. The van der Waals surface area contributed by atoms with Crippen LogP contribution in [-0.4, -0.2) is 0 Å². The number of rotatable bonds is 3. The van der Waals surface area contributed by atoms with Gasteiger partial charge >= 0.3 is 0 Å². The maximum Gasteiger partial charge on any atom is 0.129 e. The molecule has 0 spiro atoms. The Morgan fingerprint density at radius 3 is 2.43 bits per heavy atom. The minimum absolute atomic E-state index is 0.359. The molecule has 21 heavy (non-hydrogen) atoms. The number of hydrogen-bond donors (Lipinski definition) is 0. The Hall–Kier alpha value is -1.57. The molecule has 1 atom stereocenters. The lowest BCUT2D eigenvalue weighted by molar-refractivity contribution is 0.606. The summed E-state index contributed by atoms with van der Waals surface area (Å²) < 4.78 is 13.9. The van der Waals surface area contributed by atoms with Gasteiger partial charge in [0.15, 0.2) is 0 Å². The van der Waals surface area contributed by atoms with Gasteiger partial charge in [-0.2, -0.15) is 0 Å². The van der Waals surface area contributed by atoms with Gasteiger partial charge in [-0.3, -0.25) is 0 Å². The molecular formula is C18H13Cl2F. The fourth-order valence-corrected chi connectivity index (χ4v) is 3.31. The van der Waals surface area contributed by atoms with Crippen molar-refractivity contribution in [3.05, 3.63) is 82.6 Å². The van der Waals surface area contributed by atoms with Gasteiger partial charge in [0.05, 0.1) is 5.38 Å². The monoisotopic (exact) mass is 318 g/mol. The van der Waals surface area contributed by atoms with Crippen molar-refractivity contribution >= 4 is 34.0 Å². The van der Waals surface area contributed by atoms with Crippen LogP contribution < -0.4 is 0 Å². The van der Waals surface area contributed by atoms with E-state index in [-0.39, 0.29) is 5.82 Å². The quantitative estimate of drug-likeness (QED) is 0.508. The first-order chi connectivity index (χ1) is 10.2. The fourth-order valence-electron chi connectivity index (χ4n) is 2.58. The molecule has 3 rings (SSSR count). The molecule has 0 N–H and O–H groups in total. The molecular weight excluding hydrogens is 306 g/mol. The van der Waals surface area contributed by atoms with Gasteiger partial charge in [-0.1, -0.05) is 60.1 Å². The summed E-state index contributed by atoms with van der Waals surface area (Å²) in [4.78, 5) is 0. The molecule has 0 aliphatic carbocycles. The Morgan fingerprint density at radius 2 is 1.62 bits per heavy atom. The lowest BCUT2D eigenvalue weighted by atomic mass is 9.98. The predicted molar refractivity (Wildman–Crippen MR) is 87.7 cm³/mol. The van der Waals surface area contributed by atoms with Gasteiger partial charge in [0.25, 0.3) is 0 Å². The highest BCUT2D eigenvalue weighted by Crippen LogP contribution is 2.34. The van der Waals surface area contributed by atoms with Gasteiger partial charge in [-0.05, 0) is 34.9 Å². The van der Waals surface area contributed by atoms with Crippen LogP contribution in [0.5, 0.6) is 0 Å². The normalized spacial score (nSPS) is 12.5. The third kappa shape index (κ3) is 2.90. The number of benzene rings is 3. The third-order valence-corrected chi connectivity index (χ3v) is 4.29. The maximum absolute atomic E-state index is 13.9. The molecule has 0 saturated heterocycles. The number of hydrogen-bond acceptors (Lipinski definition) is 0. The molecule has 0 aliphatic rings. The van der Waals surface area contributed by atoms with E-state index in [1.165, 1.54) is 6.07 Å². The highest BCUT2D eigenvalue weighted by atomic mass is 35.5. The number of alkyl halides is 1. The third-order valence-electron chi connectivity index (χ3n) is 3.59. The highest BCUT2D eigenvalue weighted by Gasteiger charge is 2.18. The molecule has 0 fully saturated rings. The summed E-state index contributed by atoms with van der Waals surface area (Å²) in [7, 11) is 0. The molecule has 3 aromatic rings. The Labute approximate surface area is 133 Å². The van der Waals surface area contributed by atoms with Crippen LogP contribution in [0.15, 0.2) is 60.7 Å². The van der Waals surface area contributed by atoms with Crippen molar-refractivity contribution in [2.24, 2.45) is 0 Å². The van der Waals surface area contributed by atoms with Crippen molar-refractivity contribution in [1.82, 2.24) is 0 Å². The van der Waals surface area contributed by atoms with E-state index in [0.29, 0.717) is 17.0 Å². The van der Waals surface area contributed by atoms with Crippen molar-refractivity contribution in [2.45, 2.75) is 11.8 Å². The fraction of sp³-hybridized carbons (Fsp3) is 0.111. The summed E-state index contributed by atoms with van der Waals surface area (Å²) in [6.07, 6.45) is 0.531. The lowest BCUT2D eigenvalue weighted by Crippen LogP contribution is -2.00. The molecule has 106 valence electrons. The Balaban J connectivity index is 1.99. The molecule has 3 aromatic carbocycles. The van der Waals surface area contributed by atoms with E-state index in [2.05, 4.69) is 18.2 Å². The maximum atomic E-state index is 13.9. The van der Waals surface area contributed by atoms with E-state index >= 15 is 0 Å². The second kappa shape index (κ2) is 6.05. The molecule has 0 bridgehead atoms. The largest absolute Gasteiger partial charge is 0.207 e. The number of halogens is 3. The van der Waals surface area contributed by atoms with Crippen LogP contribution in [0.2, 0.25) is 5.02 Å². The average Bonchev–Trinajstić information content (AvgIpc) is 2.47. The standard InChI is InChI=1S/C18H13Cl2F/c19-15-9-4-10-17(21)18(15)16(20)11-13-7-3-6-12-5-1-2-8-14(12)13/h1-10,16H,11H2. The average molecular weight is 319 g/mol. The second-order valence-corrected chi connectivity index (χ2v) is 5.88. The summed E-state index contributed by atoms with van der Waals surface area (Å²) in [5.74, 6) is -0.359. The van der Waals surface area contributed by atoms with Crippen molar-refractivity contribution in [2.75, 3.05) is 0 Å². The molecule has 3 heteroatoms. The molecule has 0 nitrogen and oxygen atoms in total. The Morgan fingerprint density at radius 1 is 0.905 bits per heavy atom. The lowest BCUT2D eigenvalue weighted by Gasteiger charge is -2.14. The van der Waals surface area contributed by atoms with Crippen LogP contribution >= 0.6 is 23.2 Å². The van der Waals surface area contributed by atoms with Crippen LogP contribution in [-0.2, 0) is 6.42 Å². The van der Waals surface area contributed by atoms with Crippen LogP contribution in [0.25, 0.3) is 10.8 Å². The Bertz CT molecular complexity index is 758. The Kier molecular flexibility index (Phi) is 4.14. The minimum atomic E-state index is -0.496. The second-order valence-electron chi connectivity index (χ2n) is 4.95. The van der Waals surface area contributed by atoms with Gasteiger partial charge < -0.3 is 0 Å². The van der Waals surface area contributed by atoms with E-state index in [0.717, 1.165) is 16.3 Å². The summed E-state index contributed by atoms with van der Waals surface area (Å²) in [6, 6.07) is 18.8. The van der Waals surface area contributed by atoms with Crippen molar-refractivity contribution in [3.8, 4) is 0 Å². The van der Waals surface area contributed by atoms with Gasteiger partial charge in [0, 0.05) is 10.6 Å². The van der Waals surface area contributed by atoms with Crippen LogP contribution in [0, 0.1) is 5.82 Å². The van der Waals surface area contributed by atoms with E-state index in [1.54, 1.807) is 12.1 Å². The zero-order chi connectivity index (χ0) is 14.8. The van der Waals surface area contributed by atoms with Crippen LogP contribution in [0.3, 0.4) is 0 Å². The minimum Gasteiger partial charge on any atom is -0.207 e. The van der Waals surface area contributed by atoms with Gasteiger partial charge in [0.1, 0.15) is 5.82 Å². The summed E-state index contributed by atoms with van der Waals surface area (Å²) in [5, 5.41) is 2.16.